The molecule has 29 heavy (non-hydrogen) atoms. The van der Waals surface area contributed by atoms with Gasteiger partial charge in [-0.15, -0.1) is 0 Å². The summed E-state index contributed by atoms with van der Waals surface area (Å²) in [6, 6.07) is 1.75. The van der Waals surface area contributed by atoms with E-state index in [4.69, 9.17) is 4.74 Å². The van der Waals surface area contributed by atoms with Crippen molar-refractivity contribution in [3.05, 3.63) is 29.4 Å². The average molecular weight is 416 g/mol. The van der Waals surface area contributed by atoms with Crippen LogP contribution in [0.5, 0.6) is 5.75 Å². The molecule has 1 N–H and O–H groups in total. The summed E-state index contributed by atoms with van der Waals surface area (Å²) in [4.78, 5) is 28.4. The second-order valence-electron chi connectivity index (χ2n) is 6.39. The second kappa shape index (κ2) is 7.68. The van der Waals surface area contributed by atoms with E-state index in [-0.39, 0.29) is 30.0 Å². The van der Waals surface area contributed by atoms with E-state index < -0.39 is 48.0 Å². The SMILES string of the molecule is CNC(=O)CC(=O)N1Cc2c(F)cc(-c3noc(C(F)(F)F)n3)cc2OC[C@H]1C. The van der Waals surface area contributed by atoms with Crippen LogP contribution >= 0.6 is 0 Å². The van der Waals surface area contributed by atoms with Gasteiger partial charge in [-0.2, -0.15) is 18.2 Å². The van der Waals surface area contributed by atoms with E-state index in [1.165, 1.54) is 18.0 Å². The predicted octanol–water partition coefficient (Wildman–Crippen LogP) is 2.14. The summed E-state index contributed by atoms with van der Waals surface area (Å²) in [7, 11) is 1.39. The number of carbonyl (C=O) groups excluding carboxylic acids is 2. The molecular weight excluding hydrogens is 400 g/mol. The van der Waals surface area contributed by atoms with Crippen molar-refractivity contribution in [2.24, 2.45) is 0 Å². The standard InChI is InChI=1S/C17H16F4N4O4/c1-8-7-28-12-4-9(15-23-16(29-24-15)17(19,20)21)3-11(18)10(12)6-25(8)14(27)5-13(26)22-2/h3-4,8H,5-7H2,1-2H3,(H,22,26)/t8-/m1/s1. The maximum absolute atomic E-state index is 14.7. The molecule has 1 aromatic carbocycles. The van der Waals surface area contributed by atoms with Crippen molar-refractivity contribution in [3.8, 4) is 17.1 Å². The van der Waals surface area contributed by atoms with Crippen molar-refractivity contribution in [3.63, 3.8) is 0 Å². The Hall–Kier alpha value is -3.18. The van der Waals surface area contributed by atoms with Crippen LogP contribution in [0.4, 0.5) is 17.6 Å². The second-order valence-corrected chi connectivity index (χ2v) is 6.39. The number of benzene rings is 1. The van der Waals surface area contributed by atoms with Gasteiger partial charge in [0.25, 0.3) is 0 Å². The van der Waals surface area contributed by atoms with Crippen LogP contribution in [-0.2, 0) is 22.3 Å². The zero-order valence-electron chi connectivity index (χ0n) is 15.3. The van der Waals surface area contributed by atoms with Gasteiger partial charge in [0, 0.05) is 18.2 Å². The maximum Gasteiger partial charge on any atom is 0.471 e. The molecule has 0 spiro atoms. The van der Waals surface area contributed by atoms with Crippen LogP contribution in [0.1, 0.15) is 24.8 Å². The van der Waals surface area contributed by atoms with Gasteiger partial charge < -0.3 is 19.5 Å². The minimum atomic E-state index is -4.83. The average Bonchev–Trinajstić information content (AvgIpc) is 3.09. The van der Waals surface area contributed by atoms with Crippen LogP contribution in [0, 0.1) is 5.82 Å². The maximum atomic E-state index is 14.7. The number of rotatable bonds is 3. The zero-order valence-corrected chi connectivity index (χ0v) is 15.3. The van der Waals surface area contributed by atoms with Crippen LogP contribution < -0.4 is 10.1 Å². The number of alkyl halides is 3. The lowest BCUT2D eigenvalue weighted by molar-refractivity contribution is -0.159. The fraction of sp³-hybridized carbons (Fsp3) is 0.412. The number of nitrogens with one attached hydrogen (secondary N) is 1. The number of halogens is 4. The Balaban J connectivity index is 1.91. The molecule has 0 aliphatic carbocycles. The number of nitrogens with zero attached hydrogens (tertiary/aromatic N) is 3. The molecule has 156 valence electrons. The van der Waals surface area contributed by atoms with E-state index in [1.54, 1.807) is 6.92 Å². The Morgan fingerprint density at radius 3 is 2.69 bits per heavy atom. The highest BCUT2D eigenvalue weighted by molar-refractivity contribution is 5.96. The van der Waals surface area contributed by atoms with Crippen molar-refractivity contribution in [2.75, 3.05) is 13.7 Å². The Morgan fingerprint density at radius 1 is 1.34 bits per heavy atom. The summed E-state index contributed by atoms with van der Waals surface area (Å²) >= 11 is 0. The van der Waals surface area contributed by atoms with Gasteiger partial charge in [-0.25, -0.2) is 4.39 Å². The van der Waals surface area contributed by atoms with Gasteiger partial charge in [0.1, 0.15) is 24.6 Å². The van der Waals surface area contributed by atoms with Crippen molar-refractivity contribution in [2.45, 2.75) is 32.1 Å². The first-order valence-corrected chi connectivity index (χ1v) is 8.46. The van der Waals surface area contributed by atoms with Crippen LogP contribution in [0.3, 0.4) is 0 Å². The van der Waals surface area contributed by atoms with Crippen molar-refractivity contribution < 1.29 is 36.4 Å². The Labute approximate surface area is 161 Å². The predicted molar refractivity (Wildman–Crippen MR) is 88.9 cm³/mol. The van der Waals surface area contributed by atoms with Crippen molar-refractivity contribution in [1.29, 1.82) is 0 Å². The molecule has 1 aromatic heterocycles. The highest BCUT2D eigenvalue weighted by Crippen LogP contribution is 2.34. The molecule has 0 unspecified atom stereocenters. The van der Waals surface area contributed by atoms with Crippen LogP contribution in [0.15, 0.2) is 16.7 Å². The first kappa shape index (κ1) is 20.6. The van der Waals surface area contributed by atoms with Gasteiger partial charge in [0.15, 0.2) is 0 Å². The minimum absolute atomic E-state index is 0.00454. The van der Waals surface area contributed by atoms with Gasteiger partial charge in [-0.3, -0.25) is 9.59 Å². The fourth-order valence-electron chi connectivity index (χ4n) is 2.77. The smallest absolute Gasteiger partial charge is 0.471 e. The molecule has 2 heterocycles. The van der Waals surface area contributed by atoms with Crippen LogP contribution in [0.2, 0.25) is 0 Å². The monoisotopic (exact) mass is 416 g/mol. The normalized spacial score (nSPS) is 16.6. The molecule has 0 saturated carbocycles. The Kier molecular flexibility index (Phi) is 5.44. The van der Waals surface area contributed by atoms with E-state index in [0.717, 1.165) is 6.07 Å². The molecule has 1 aliphatic heterocycles. The minimum Gasteiger partial charge on any atom is -0.491 e. The van der Waals surface area contributed by atoms with Crippen molar-refractivity contribution >= 4 is 11.8 Å². The van der Waals surface area contributed by atoms with Gasteiger partial charge >= 0.3 is 12.1 Å². The zero-order chi connectivity index (χ0) is 21.3. The molecule has 2 amide bonds. The van der Waals surface area contributed by atoms with E-state index in [9.17, 15) is 27.2 Å². The molecular formula is C17H16F4N4O4. The summed E-state index contributed by atoms with van der Waals surface area (Å²) in [6.07, 6.45) is -5.23. The first-order valence-electron chi connectivity index (χ1n) is 8.46. The van der Waals surface area contributed by atoms with Gasteiger partial charge in [0.2, 0.25) is 17.6 Å². The summed E-state index contributed by atoms with van der Waals surface area (Å²) in [6.45, 7) is 1.50. The molecule has 8 nitrogen and oxygen atoms in total. The number of carbonyl (C=O) groups is 2. The quantitative estimate of drug-likeness (QED) is 0.608. The van der Waals surface area contributed by atoms with E-state index in [1.807, 2.05) is 0 Å². The summed E-state index contributed by atoms with van der Waals surface area (Å²) in [5, 5.41) is 5.57. The lowest BCUT2D eigenvalue weighted by atomic mass is 10.1. The third-order valence-electron chi connectivity index (χ3n) is 4.33. The molecule has 0 saturated heterocycles. The molecule has 3 rings (SSSR count). The number of aromatic nitrogens is 2. The number of fused-ring (bicyclic) bond motifs is 1. The molecule has 0 fully saturated rings. The summed E-state index contributed by atoms with van der Waals surface area (Å²) in [5.74, 6) is -3.77. The topological polar surface area (TPSA) is 97.6 Å². The lowest BCUT2D eigenvalue weighted by Crippen LogP contribution is -2.41. The number of hydrogen-bond acceptors (Lipinski definition) is 6. The van der Waals surface area contributed by atoms with Crippen LogP contribution in [0.25, 0.3) is 11.4 Å². The van der Waals surface area contributed by atoms with Gasteiger partial charge in [0.05, 0.1) is 12.6 Å². The Bertz CT molecular complexity index is 944. The van der Waals surface area contributed by atoms with E-state index in [2.05, 4.69) is 20.0 Å². The van der Waals surface area contributed by atoms with Crippen LogP contribution in [-0.4, -0.2) is 46.6 Å². The number of hydrogen-bond donors (Lipinski definition) is 1. The van der Waals surface area contributed by atoms with Gasteiger partial charge in [-0.1, -0.05) is 5.16 Å². The molecule has 1 aliphatic rings. The summed E-state index contributed by atoms with van der Waals surface area (Å²) < 4.78 is 62.4. The first-order chi connectivity index (χ1) is 13.6. The molecule has 12 heteroatoms. The molecule has 0 bridgehead atoms. The molecule has 2 aromatic rings. The van der Waals surface area contributed by atoms with E-state index in [0.29, 0.717) is 0 Å². The largest absolute Gasteiger partial charge is 0.491 e. The van der Waals surface area contributed by atoms with Crippen molar-refractivity contribution in [1.82, 2.24) is 20.4 Å². The molecule has 1 atom stereocenters. The lowest BCUT2D eigenvalue weighted by Gasteiger charge is -2.26. The number of ether oxygens (including phenoxy) is 1. The highest BCUT2D eigenvalue weighted by atomic mass is 19.4. The third-order valence-corrected chi connectivity index (χ3v) is 4.33. The summed E-state index contributed by atoms with van der Waals surface area (Å²) in [5.41, 5.74) is -0.0406. The van der Waals surface area contributed by atoms with Gasteiger partial charge in [-0.05, 0) is 19.1 Å². The fourth-order valence-corrected chi connectivity index (χ4v) is 2.77. The highest BCUT2D eigenvalue weighted by Gasteiger charge is 2.38. The number of amides is 2. The third kappa shape index (κ3) is 4.30. The van der Waals surface area contributed by atoms with E-state index >= 15 is 0 Å². The Morgan fingerprint density at radius 2 is 2.07 bits per heavy atom. The molecule has 0 radical (unpaired) electrons.